The SMILES string of the molecule is COc1cccc(NC(=O)c2ccc(NC(=O)CCC(=O)[O-])cc2)c1. The van der Waals surface area contributed by atoms with Crippen LogP contribution >= 0.6 is 0 Å². The second-order valence-electron chi connectivity index (χ2n) is 5.18. The first-order chi connectivity index (χ1) is 12.0. The van der Waals surface area contributed by atoms with E-state index in [0.717, 1.165) is 0 Å². The van der Waals surface area contributed by atoms with Crippen LogP contribution in [0.5, 0.6) is 5.75 Å². The van der Waals surface area contributed by atoms with Crippen LogP contribution in [0.2, 0.25) is 0 Å². The van der Waals surface area contributed by atoms with E-state index in [1.807, 2.05) is 0 Å². The number of methoxy groups -OCH3 is 1. The standard InChI is InChI=1S/C18H18N2O5/c1-25-15-4-2-3-14(11-15)20-18(24)12-5-7-13(8-6-12)19-16(21)9-10-17(22)23/h2-8,11H,9-10H2,1H3,(H,19,21)(H,20,24)(H,22,23)/p-1. The molecule has 2 aromatic rings. The van der Waals surface area contributed by atoms with Crippen LogP contribution in [0, 0.1) is 0 Å². The lowest BCUT2D eigenvalue weighted by Gasteiger charge is -2.09. The van der Waals surface area contributed by atoms with Gasteiger partial charge >= 0.3 is 0 Å². The molecular weight excluding hydrogens is 324 g/mol. The van der Waals surface area contributed by atoms with Gasteiger partial charge < -0.3 is 25.3 Å². The molecule has 0 radical (unpaired) electrons. The Morgan fingerprint density at radius 1 is 0.960 bits per heavy atom. The summed E-state index contributed by atoms with van der Waals surface area (Å²) >= 11 is 0. The van der Waals surface area contributed by atoms with Crippen LogP contribution in [0.3, 0.4) is 0 Å². The van der Waals surface area contributed by atoms with Gasteiger partial charge in [0, 0.05) is 35.4 Å². The normalized spacial score (nSPS) is 9.96. The number of carboxylic acid groups (broad SMARTS) is 1. The number of ether oxygens (including phenoxy) is 1. The van der Waals surface area contributed by atoms with Crippen molar-refractivity contribution in [2.45, 2.75) is 12.8 Å². The van der Waals surface area contributed by atoms with Crippen molar-refractivity contribution in [3.05, 3.63) is 54.1 Å². The van der Waals surface area contributed by atoms with E-state index in [-0.39, 0.29) is 18.7 Å². The topological polar surface area (TPSA) is 108 Å². The highest BCUT2D eigenvalue weighted by Crippen LogP contribution is 2.18. The number of benzene rings is 2. The predicted molar refractivity (Wildman–Crippen MR) is 90.3 cm³/mol. The molecule has 2 rings (SSSR count). The summed E-state index contributed by atoms with van der Waals surface area (Å²) in [5, 5.41) is 15.6. The number of aliphatic carboxylic acids is 1. The molecule has 0 aliphatic rings. The third-order valence-corrected chi connectivity index (χ3v) is 3.31. The number of anilines is 2. The molecule has 2 amide bonds. The molecule has 0 aliphatic carbocycles. The molecule has 0 saturated heterocycles. The summed E-state index contributed by atoms with van der Waals surface area (Å²) in [6, 6.07) is 13.2. The summed E-state index contributed by atoms with van der Waals surface area (Å²) in [5.41, 5.74) is 1.49. The summed E-state index contributed by atoms with van der Waals surface area (Å²) in [4.78, 5) is 34.1. The van der Waals surface area contributed by atoms with Gasteiger partial charge in [-0.15, -0.1) is 0 Å². The minimum Gasteiger partial charge on any atom is -0.550 e. The van der Waals surface area contributed by atoms with Crippen molar-refractivity contribution >= 4 is 29.2 Å². The van der Waals surface area contributed by atoms with Gasteiger partial charge in [-0.3, -0.25) is 9.59 Å². The van der Waals surface area contributed by atoms with Gasteiger partial charge in [0.25, 0.3) is 5.91 Å². The number of hydrogen-bond acceptors (Lipinski definition) is 5. The molecule has 0 aliphatic heterocycles. The average Bonchev–Trinajstić information content (AvgIpc) is 2.60. The van der Waals surface area contributed by atoms with Crippen molar-refractivity contribution in [2.24, 2.45) is 0 Å². The highest BCUT2D eigenvalue weighted by Gasteiger charge is 2.08. The van der Waals surface area contributed by atoms with Crippen molar-refractivity contribution in [2.75, 3.05) is 17.7 Å². The van der Waals surface area contributed by atoms with E-state index in [2.05, 4.69) is 10.6 Å². The molecule has 0 bridgehead atoms. The minimum atomic E-state index is -1.28. The lowest BCUT2D eigenvalue weighted by molar-refractivity contribution is -0.305. The molecule has 25 heavy (non-hydrogen) atoms. The van der Waals surface area contributed by atoms with Gasteiger partial charge in [0.15, 0.2) is 0 Å². The van der Waals surface area contributed by atoms with Crippen LogP contribution in [0.15, 0.2) is 48.5 Å². The molecule has 0 fully saturated rings. The van der Waals surface area contributed by atoms with Gasteiger partial charge in [0.1, 0.15) is 5.75 Å². The average molecular weight is 341 g/mol. The van der Waals surface area contributed by atoms with E-state index in [0.29, 0.717) is 22.7 Å². The van der Waals surface area contributed by atoms with Crippen LogP contribution < -0.4 is 20.5 Å². The maximum absolute atomic E-state index is 12.2. The fourth-order valence-corrected chi connectivity index (χ4v) is 2.05. The first-order valence-corrected chi connectivity index (χ1v) is 7.53. The maximum Gasteiger partial charge on any atom is 0.255 e. The van der Waals surface area contributed by atoms with Gasteiger partial charge in [-0.2, -0.15) is 0 Å². The molecule has 7 nitrogen and oxygen atoms in total. The number of carbonyl (C=O) groups excluding carboxylic acids is 3. The van der Waals surface area contributed by atoms with Gasteiger partial charge in [-0.05, 0) is 42.8 Å². The largest absolute Gasteiger partial charge is 0.550 e. The number of rotatable bonds is 7. The summed E-state index contributed by atoms with van der Waals surface area (Å²) in [6.45, 7) is 0. The second-order valence-corrected chi connectivity index (χ2v) is 5.18. The molecule has 130 valence electrons. The van der Waals surface area contributed by atoms with Crippen molar-refractivity contribution in [1.82, 2.24) is 0 Å². The van der Waals surface area contributed by atoms with Crippen LogP contribution in [0.25, 0.3) is 0 Å². The van der Waals surface area contributed by atoms with E-state index < -0.39 is 11.9 Å². The van der Waals surface area contributed by atoms with Gasteiger partial charge in [0.2, 0.25) is 5.91 Å². The number of carbonyl (C=O) groups is 3. The zero-order chi connectivity index (χ0) is 18.2. The molecule has 0 heterocycles. The molecule has 0 unspecified atom stereocenters. The molecule has 2 N–H and O–H groups in total. The summed E-state index contributed by atoms with van der Waals surface area (Å²) in [7, 11) is 1.54. The Kier molecular flexibility index (Phi) is 6.11. The number of nitrogens with one attached hydrogen (secondary N) is 2. The Morgan fingerprint density at radius 2 is 1.68 bits per heavy atom. The Hall–Kier alpha value is -3.35. The summed E-state index contributed by atoms with van der Waals surface area (Å²) in [5.74, 6) is -1.38. The van der Waals surface area contributed by atoms with Crippen molar-refractivity contribution in [1.29, 1.82) is 0 Å². The van der Waals surface area contributed by atoms with Crippen LogP contribution in [-0.2, 0) is 9.59 Å². The van der Waals surface area contributed by atoms with Gasteiger partial charge in [-0.1, -0.05) is 6.07 Å². The Labute approximate surface area is 144 Å². The smallest absolute Gasteiger partial charge is 0.255 e. The molecule has 0 saturated carbocycles. The summed E-state index contributed by atoms with van der Waals surface area (Å²) < 4.78 is 5.10. The van der Waals surface area contributed by atoms with Crippen LogP contribution in [0.4, 0.5) is 11.4 Å². The molecule has 0 atom stereocenters. The number of amides is 2. The van der Waals surface area contributed by atoms with E-state index in [1.165, 1.54) is 0 Å². The van der Waals surface area contributed by atoms with Crippen LogP contribution in [-0.4, -0.2) is 24.9 Å². The first-order valence-electron chi connectivity index (χ1n) is 7.53. The molecule has 2 aromatic carbocycles. The molecule has 0 aromatic heterocycles. The second kappa shape index (κ2) is 8.49. The van der Waals surface area contributed by atoms with Crippen LogP contribution in [0.1, 0.15) is 23.2 Å². The van der Waals surface area contributed by atoms with E-state index in [4.69, 9.17) is 4.74 Å². The Balaban J connectivity index is 1.95. The van der Waals surface area contributed by atoms with E-state index >= 15 is 0 Å². The highest BCUT2D eigenvalue weighted by atomic mass is 16.5. The molecule has 0 spiro atoms. The third kappa shape index (κ3) is 5.65. The summed E-state index contributed by atoms with van der Waals surface area (Å²) in [6.07, 6.45) is -0.507. The van der Waals surface area contributed by atoms with Gasteiger partial charge in [0.05, 0.1) is 7.11 Å². The monoisotopic (exact) mass is 341 g/mol. The number of carboxylic acids is 1. The lowest BCUT2D eigenvalue weighted by atomic mass is 10.2. The predicted octanol–water partition coefficient (Wildman–Crippen LogP) is 1.42. The fraction of sp³-hybridized carbons (Fsp3) is 0.167. The third-order valence-electron chi connectivity index (χ3n) is 3.31. The first kappa shape index (κ1) is 18.0. The number of hydrogen-bond donors (Lipinski definition) is 2. The molecule has 7 heteroatoms. The zero-order valence-corrected chi connectivity index (χ0v) is 13.6. The van der Waals surface area contributed by atoms with Crippen molar-refractivity contribution < 1.29 is 24.2 Å². The van der Waals surface area contributed by atoms with Crippen molar-refractivity contribution in [3.8, 4) is 5.75 Å². The quantitative estimate of drug-likeness (QED) is 0.792. The maximum atomic E-state index is 12.2. The Bertz CT molecular complexity index is 771. The lowest BCUT2D eigenvalue weighted by Crippen LogP contribution is -2.24. The minimum absolute atomic E-state index is 0.166. The van der Waals surface area contributed by atoms with E-state index in [9.17, 15) is 19.5 Å². The Morgan fingerprint density at radius 3 is 2.32 bits per heavy atom. The van der Waals surface area contributed by atoms with Gasteiger partial charge in [-0.25, -0.2) is 0 Å². The van der Waals surface area contributed by atoms with Crippen molar-refractivity contribution in [3.63, 3.8) is 0 Å². The van der Waals surface area contributed by atoms with E-state index in [1.54, 1.807) is 55.6 Å². The zero-order valence-electron chi connectivity index (χ0n) is 13.6. The highest BCUT2D eigenvalue weighted by molar-refractivity contribution is 6.04. The fourth-order valence-electron chi connectivity index (χ4n) is 2.05. The molecular formula is C18H17N2O5-.